The first kappa shape index (κ1) is 16.2. The number of carbonyl (C=O) groups excluding carboxylic acids is 2. The van der Waals surface area contributed by atoms with E-state index in [1.54, 1.807) is 11.0 Å². The lowest BCUT2D eigenvalue weighted by molar-refractivity contribution is -0.133. The van der Waals surface area contributed by atoms with Crippen LogP contribution >= 0.6 is 0 Å². The minimum atomic E-state index is -0.237. The van der Waals surface area contributed by atoms with Crippen molar-refractivity contribution >= 4 is 11.8 Å². The lowest BCUT2D eigenvalue weighted by Gasteiger charge is -2.32. The Hall–Kier alpha value is -2.21. The van der Waals surface area contributed by atoms with Crippen molar-refractivity contribution in [3.63, 3.8) is 0 Å². The maximum atomic E-state index is 12.1. The molecule has 1 unspecified atom stereocenters. The summed E-state index contributed by atoms with van der Waals surface area (Å²) in [4.78, 5) is 29.6. The molecule has 1 aromatic heterocycles. The molecule has 0 aliphatic carbocycles. The molecule has 118 valence electrons. The van der Waals surface area contributed by atoms with E-state index >= 15 is 0 Å². The zero-order chi connectivity index (χ0) is 16.1. The number of nitrogens with one attached hydrogen (secondary N) is 1. The van der Waals surface area contributed by atoms with Gasteiger partial charge < -0.3 is 15.0 Å². The van der Waals surface area contributed by atoms with E-state index in [-0.39, 0.29) is 17.9 Å². The van der Waals surface area contributed by atoms with Crippen LogP contribution in [-0.2, 0) is 9.53 Å². The van der Waals surface area contributed by atoms with Crippen molar-refractivity contribution in [3.05, 3.63) is 41.7 Å². The number of pyridine rings is 1. The minimum absolute atomic E-state index is 0.115. The molecule has 1 fully saturated rings. The molecule has 0 spiro atoms. The van der Waals surface area contributed by atoms with E-state index < -0.39 is 0 Å². The lowest BCUT2D eigenvalue weighted by atomic mass is 10.2. The predicted octanol–water partition coefficient (Wildman–Crippen LogP) is 0.842. The van der Waals surface area contributed by atoms with Gasteiger partial charge in [-0.1, -0.05) is 12.6 Å². The van der Waals surface area contributed by atoms with E-state index in [9.17, 15) is 9.59 Å². The molecule has 22 heavy (non-hydrogen) atoms. The molecule has 1 saturated heterocycles. The highest BCUT2D eigenvalue weighted by molar-refractivity contribution is 5.92. The van der Waals surface area contributed by atoms with Gasteiger partial charge in [0.05, 0.1) is 12.7 Å². The Morgan fingerprint density at radius 1 is 1.50 bits per heavy atom. The fourth-order valence-corrected chi connectivity index (χ4v) is 2.23. The average Bonchev–Trinajstić information content (AvgIpc) is 2.54. The Kier molecular flexibility index (Phi) is 5.27. The summed E-state index contributed by atoms with van der Waals surface area (Å²) in [6.45, 7) is 9.10. The summed E-state index contributed by atoms with van der Waals surface area (Å²) in [5, 5.41) is 2.80. The Morgan fingerprint density at radius 3 is 2.95 bits per heavy atom. The maximum absolute atomic E-state index is 12.1. The van der Waals surface area contributed by atoms with Gasteiger partial charge in [0.25, 0.3) is 5.91 Å². The number of aryl methyl sites for hydroxylation is 2. The molecule has 1 aliphatic heterocycles. The van der Waals surface area contributed by atoms with Crippen LogP contribution in [0.1, 0.15) is 21.7 Å². The normalized spacial score (nSPS) is 17.9. The Bertz CT molecular complexity index is 586. The molecule has 1 atom stereocenters. The third kappa shape index (κ3) is 3.92. The third-order valence-corrected chi connectivity index (χ3v) is 3.70. The van der Waals surface area contributed by atoms with Crippen LogP contribution in [0, 0.1) is 13.8 Å². The van der Waals surface area contributed by atoms with Crippen molar-refractivity contribution in [1.29, 1.82) is 0 Å². The van der Waals surface area contributed by atoms with Crippen LogP contribution in [-0.4, -0.2) is 54.0 Å². The monoisotopic (exact) mass is 303 g/mol. The average molecular weight is 303 g/mol. The summed E-state index contributed by atoms with van der Waals surface area (Å²) in [6.07, 6.45) is 1.08. The number of hydrogen-bond donors (Lipinski definition) is 1. The van der Waals surface area contributed by atoms with Gasteiger partial charge in [-0.05, 0) is 31.6 Å². The van der Waals surface area contributed by atoms with Gasteiger partial charge in [-0.15, -0.1) is 0 Å². The molecule has 0 radical (unpaired) electrons. The third-order valence-electron chi connectivity index (χ3n) is 3.70. The molecule has 6 heteroatoms. The smallest absolute Gasteiger partial charge is 0.269 e. The first-order chi connectivity index (χ1) is 10.5. The standard InChI is InChI=1S/C16H21N3O3/c1-4-15(20)19-7-8-22-13(10-19)9-17-16(21)14-6-5-11(2)12(3)18-14/h4-6,13H,1,7-10H2,2-3H3,(H,17,21). The van der Waals surface area contributed by atoms with E-state index in [0.29, 0.717) is 31.9 Å². The van der Waals surface area contributed by atoms with Crippen molar-refractivity contribution in [2.45, 2.75) is 20.0 Å². The van der Waals surface area contributed by atoms with Gasteiger partial charge in [-0.25, -0.2) is 4.98 Å². The number of amides is 2. The highest BCUT2D eigenvalue weighted by atomic mass is 16.5. The number of aromatic nitrogens is 1. The molecule has 2 amide bonds. The molecule has 0 aromatic carbocycles. The van der Waals surface area contributed by atoms with Crippen LogP contribution in [0.25, 0.3) is 0 Å². The first-order valence-electron chi connectivity index (χ1n) is 7.26. The number of morpholine rings is 1. The summed E-state index contributed by atoms with van der Waals surface area (Å²) in [5.74, 6) is -0.352. The highest BCUT2D eigenvalue weighted by Crippen LogP contribution is 2.07. The predicted molar refractivity (Wildman–Crippen MR) is 82.6 cm³/mol. The van der Waals surface area contributed by atoms with Gasteiger partial charge in [0.2, 0.25) is 5.91 Å². The van der Waals surface area contributed by atoms with E-state index in [2.05, 4.69) is 16.9 Å². The van der Waals surface area contributed by atoms with E-state index in [4.69, 9.17) is 4.74 Å². The summed E-state index contributed by atoms with van der Waals surface area (Å²) < 4.78 is 5.57. The molecule has 0 bridgehead atoms. The van der Waals surface area contributed by atoms with Crippen molar-refractivity contribution in [1.82, 2.24) is 15.2 Å². The van der Waals surface area contributed by atoms with Crippen molar-refractivity contribution < 1.29 is 14.3 Å². The molecule has 1 aliphatic rings. The molecule has 1 aromatic rings. The van der Waals surface area contributed by atoms with Crippen molar-refractivity contribution in [3.8, 4) is 0 Å². The highest BCUT2D eigenvalue weighted by Gasteiger charge is 2.23. The van der Waals surface area contributed by atoms with Crippen LogP contribution in [0.3, 0.4) is 0 Å². The van der Waals surface area contributed by atoms with Crippen LogP contribution in [0.15, 0.2) is 24.8 Å². The fourth-order valence-electron chi connectivity index (χ4n) is 2.23. The second-order valence-corrected chi connectivity index (χ2v) is 5.29. The number of ether oxygens (including phenoxy) is 1. The first-order valence-corrected chi connectivity index (χ1v) is 7.26. The van der Waals surface area contributed by atoms with Crippen molar-refractivity contribution in [2.24, 2.45) is 0 Å². The number of carbonyl (C=O) groups is 2. The summed E-state index contributed by atoms with van der Waals surface area (Å²) >= 11 is 0. The second kappa shape index (κ2) is 7.17. The quantitative estimate of drug-likeness (QED) is 0.837. The van der Waals surface area contributed by atoms with Gasteiger partial charge in [-0.2, -0.15) is 0 Å². The molecule has 0 saturated carbocycles. The summed E-state index contributed by atoms with van der Waals surface area (Å²) in [5.41, 5.74) is 2.27. The Morgan fingerprint density at radius 2 is 2.27 bits per heavy atom. The topological polar surface area (TPSA) is 71.5 Å². The molecular formula is C16H21N3O3. The van der Waals surface area contributed by atoms with E-state index in [1.807, 2.05) is 19.9 Å². The second-order valence-electron chi connectivity index (χ2n) is 5.29. The zero-order valence-corrected chi connectivity index (χ0v) is 13.0. The van der Waals surface area contributed by atoms with Crippen LogP contribution in [0.2, 0.25) is 0 Å². The largest absolute Gasteiger partial charge is 0.373 e. The molecule has 2 rings (SSSR count). The van der Waals surface area contributed by atoms with Gasteiger partial charge >= 0.3 is 0 Å². The number of nitrogens with zero attached hydrogens (tertiary/aromatic N) is 2. The summed E-state index contributed by atoms with van der Waals surface area (Å²) in [7, 11) is 0. The number of hydrogen-bond acceptors (Lipinski definition) is 4. The van der Waals surface area contributed by atoms with Crippen LogP contribution in [0.4, 0.5) is 0 Å². The Labute approximate surface area is 130 Å². The Balaban J connectivity index is 1.89. The van der Waals surface area contributed by atoms with Crippen LogP contribution in [0.5, 0.6) is 0 Å². The minimum Gasteiger partial charge on any atom is -0.373 e. The maximum Gasteiger partial charge on any atom is 0.269 e. The van der Waals surface area contributed by atoms with E-state index in [1.165, 1.54) is 6.08 Å². The van der Waals surface area contributed by atoms with Gasteiger partial charge in [-0.3, -0.25) is 9.59 Å². The fraction of sp³-hybridized carbons (Fsp3) is 0.438. The zero-order valence-electron chi connectivity index (χ0n) is 13.0. The van der Waals surface area contributed by atoms with Gasteiger partial charge in [0, 0.05) is 25.3 Å². The molecule has 1 N–H and O–H groups in total. The van der Waals surface area contributed by atoms with Crippen molar-refractivity contribution in [2.75, 3.05) is 26.2 Å². The summed E-state index contributed by atoms with van der Waals surface area (Å²) in [6, 6.07) is 3.58. The van der Waals surface area contributed by atoms with Gasteiger partial charge in [0.15, 0.2) is 0 Å². The molecular weight excluding hydrogens is 282 g/mol. The molecule has 6 nitrogen and oxygen atoms in total. The van der Waals surface area contributed by atoms with Crippen LogP contribution < -0.4 is 5.32 Å². The molecule has 2 heterocycles. The lowest BCUT2D eigenvalue weighted by Crippen LogP contribution is -2.49. The van der Waals surface area contributed by atoms with E-state index in [0.717, 1.165) is 11.3 Å². The SMILES string of the molecule is C=CC(=O)N1CCOC(CNC(=O)c2ccc(C)c(C)n2)C1. The van der Waals surface area contributed by atoms with Gasteiger partial charge in [0.1, 0.15) is 5.69 Å². The number of rotatable bonds is 4.